The molecule has 0 saturated carbocycles. The first-order valence-corrected chi connectivity index (χ1v) is 16.0. The van der Waals surface area contributed by atoms with E-state index >= 15 is 0 Å². The lowest BCUT2D eigenvalue weighted by atomic mass is 10.0. The fourth-order valence-electron chi connectivity index (χ4n) is 4.68. The number of nitrogens with two attached hydrogens (primary N) is 1. The minimum Gasteiger partial charge on any atom is -0.382 e. The number of carbonyl (C=O) groups is 6. The highest BCUT2D eigenvalue weighted by Crippen LogP contribution is 2.18. The smallest absolute Gasteiger partial charge is 0.312 e. The average molecular weight is 676 g/mol. The fourth-order valence-corrected chi connectivity index (χ4v) is 4.68. The normalized spacial score (nSPS) is 14.1. The molecule has 7 amide bonds. The average Bonchev–Trinajstić information content (AvgIpc) is 3.38. The van der Waals surface area contributed by atoms with Crippen LogP contribution in [0.3, 0.4) is 0 Å². The van der Waals surface area contributed by atoms with Crippen molar-refractivity contribution < 1.29 is 44.3 Å². The monoisotopic (exact) mass is 675 g/mol. The molecule has 0 radical (unpaired) electrons. The van der Waals surface area contributed by atoms with Crippen LogP contribution in [0.4, 0.5) is 10.5 Å². The summed E-state index contributed by atoms with van der Waals surface area (Å²) in [5.41, 5.74) is 7.38. The molecule has 266 valence electrons. The van der Waals surface area contributed by atoms with Gasteiger partial charge in [0, 0.05) is 45.9 Å². The van der Waals surface area contributed by atoms with Crippen molar-refractivity contribution in [1.82, 2.24) is 20.9 Å². The standard InChI is InChI=1S/C33H50N6O9/c1-22(2)30(38-27(40)13-17-48-18-15-39-28(41)11-12-29(39)42)32(44)37-26(8-5-14-35-33(34)45)31(43)36-25-10-9-23(3)24(21-25)7-6-16-47-20-19-46-4/h9-12,21-22,26,30H,5-8,13-20H2,1-4H3,(H,36,43)(H,37,44)(H,38,40)(H3,34,35,45)/t26-,30-/m0/s1/i3D. The highest BCUT2D eigenvalue weighted by atomic mass is 16.5. The van der Waals surface area contributed by atoms with Gasteiger partial charge < -0.3 is 41.2 Å². The lowest BCUT2D eigenvalue weighted by Crippen LogP contribution is -2.54. The summed E-state index contributed by atoms with van der Waals surface area (Å²) >= 11 is 0. The second-order valence-electron chi connectivity index (χ2n) is 11.5. The predicted molar refractivity (Wildman–Crippen MR) is 178 cm³/mol. The van der Waals surface area contributed by atoms with Crippen LogP contribution in [-0.4, -0.2) is 106 Å². The van der Waals surface area contributed by atoms with Crippen molar-refractivity contribution in [3.05, 3.63) is 41.5 Å². The number of anilines is 1. The summed E-state index contributed by atoms with van der Waals surface area (Å²) in [7, 11) is 1.60. The molecule has 0 saturated heterocycles. The van der Waals surface area contributed by atoms with Crippen molar-refractivity contribution in [3.8, 4) is 0 Å². The summed E-state index contributed by atoms with van der Waals surface area (Å²) in [6, 6.07) is 2.60. The summed E-state index contributed by atoms with van der Waals surface area (Å²) in [4.78, 5) is 75.0. The number of nitrogens with one attached hydrogen (secondary N) is 4. The molecule has 6 N–H and O–H groups in total. The third-order valence-corrected chi connectivity index (χ3v) is 7.34. The molecule has 2 rings (SSSR count). The Morgan fingerprint density at radius 3 is 2.33 bits per heavy atom. The van der Waals surface area contributed by atoms with Crippen molar-refractivity contribution in [2.24, 2.45) is 11.7 Å². The Morgan fingerprint density at radius 1 is 0.938 bits per heavy atom. The van der Waals surface area contributed by atoms with E-state index in [-0.39, 0.29) is 52.0 Å². The molecule has 0 bridgehead atoms. The number of urea groups is 1. The molecule has 1 aliphatic heterocycles. The van der Waals surface area contributed by atoms with E-state index in [1.54, 1.807) is 39.2 Å². The minimum absolute atomic E-state index is 0.00164. The van der Waals surface area contributed by atoms with Crippen LogP contribution in [0.1, 0.15) is 52.0 Å². The van der Waals surface area contributed by atoms with Crippen molar-refractivity contribution in [3.63, 3.8) is 0 Å². The van der Waals surface area contributed by atoms with Gasteiger partial charge in [-0.2, -0.15) is 0 Å². The van der Waals surface area contributed by atoms with E-state index in [0.717, 1.165) is 16.0 Å². The topological polar surface area (TPSA) is 207 Å². The maximum atomic E-state index is 13.5. The van der Waals surface area contributed by atoms with Crippen LogP contribution < -0.4 is 27.0 Å². The van der Waals surface area contributed by atoms with E-state index in [4.69, 9.17) is 21.3 Å². The van der Waals surface area contributed by atoms with Crippen LogP contribution >= 0.6 is 0 Å². The van der Waals surface area contributed by atoms with E-state index in [2.05, 4.69) is 21.3 Å². The number of ether oxygens (including phenoxy) is 3. The van der Waals surface area contributed by atoms with Gasteiger partial charge in [0.05, 0.1) is 33.0 Å². The van der Waals surface area contributed by atoms with Gasteiger partial charge in [-0.05, 0) is 61.8 Å². The summed E-state index contributed by atoms with van der Waals surface area (Å²) in [5.74, 6) is -2.69. The van der Waals surface area contributed by atoms with Crippen LogP contribution in [0, 0.1) is 12.8 Å². The summed E-state index contributed by atoms with van der Waals surface area (Å²) in [5, 5.41) is 10.8. The van der Waals surface area contributed by atoms with Crippen LogP contribution in [0.2, 0.25) is 0 Å². The second-order valence-corrected chi connectivity index (χ2v) is 11.5. The van der Waals surface area contributed by atoms with Crippen molar-refractivity contribution in [2.45, 2.75) is 64.9 Å². The Labute approximate surface area is 283 Å². The molecule has 0 spiro atoms. The molecule has 0 aromatic heterocycles. The number of methoxy groups -OCH3 is 1. The largest absolute Gasteiger partial charge is 0.382 e. The molecule has 1 aromatic rings. The van der Waals surface area contributed by atoms with Crippen LogP contribution in [0.5, 0.6) is 0 Å². The molecule has 2 atom stereocenters. The van der Waals surface area contributed by atoms with Crippen molar-refractivity contribution in [1.29, 1.82) is 0 Å². The SMILES string of the molecule is [2H]Cc1ccc(NC(=O)[C@H](CCCNC(N)=O)NC(=O)[C@@H](NC(=O)CCOCCN2C(=O)C=CC2=O)C(C)C)cc1CCCOCCOC. The Kier molecular flexibility index (Phi) is 17.1. The number of nitrogens with zero attached hydrogens (tertiary/aromatic N) is 1. The van der Waals surface area contributed by atoms with E-state index < -0.39 is 47.7 Å². The number of hydrogen-bond acceptors (Lipinski definition) is 9. The second kappa shape index (κ2) is 21.5. The molecule has 48 heavy (non-hydrogen) atoms. The number of benzene rings is 1. The van der Waals surface area contributed by atoms with E-state index in [0.29, 0.717) is 44.8 Å². The number of rotatable bonds is 23. The predicted octanol–water partition coefficient (Wildman–Crippen LogP) is 0.935. The van der Waals surface area contributed by atoms with Gasteiger partial charge in [0.25, 0.3) is 11.8 Å². The van der Waals surface area contributed by atoms with Gasteiger partial charge in [-0.25, -0.2) is 4.79 Å². The van der Waals surface area contributed by atoms with Crippen LogP contribution in [0.25, 0.3) is 0 Å². The summed E-state index contributed by atoms with van der Waals surface area (Å²) < 4.78 is 23.8. The first-order chi connectivity index (χ1) is 23.5. The van der Waals surface area contributed by atoms with Gasteiger partial charge in [-0.1, -0.05) is 19.9 Å². The van der Waals surface area contributed by atoms with Gasteiger partial charge in [0.2, 0.25) is 17.7 Å². The number of hydrogen-bond donors (Lipinski definition) is 5. The van der Waals surface area contributed by atoms with E-state index in [9.17, 15) is 28.8 Å². The minimum atomic E-state index is -1.01. The third kappa shape index (κ3) is 14.6. The molecule has 0 unspecified atom stereocenters. The molecule has 15 heteroatoms. The highest BCUT2D eigenvalue weighted by Gasteiger charge is 2.29. The van der Waals surface area contributed by atoms with Gasteiger partial charge in [0.1, 0.15) is 12.1 Å². The fraction of sp³-hybridized carbons (Fsp3) is 0.576. The quantitative estimate of drug-likeness (QED) is 0.0825. The zero-order valence-electron chi connectivity index (χ0n) is 29.0. The van der Waals surface area contributed by atoms with Crippen LogP contribution in [0.15, 0.2) is 30.4 Å². The Morgan fingerprint density at radius 2 is 1.67 bits per heavy atom. The molecule has 1 aromatic carbocycles. The number of imide groups is 1. The van der Waals surface area contributed by atoms with E-state index in [1.807, 2.05) is 0 Å². The lowest BCUT2D eigenvalue weighted by molar-refractivity contribution is -0.138. The highest BCUT2D eigenvalue weighted by molar-refractivity contribution is 6.12. The molecular weight excluding hydrogens is 624 g/mol. The molecular formula is C33H50N6O9. The van der Waals surface area contributed by atoms with Crippen molar-refractivity contribution in [2.75, 3.05) is 58.6 Å². The molecule has 1 heterocycles. The molecule has 0 fully saturated rings. The first-order valence-electron chi connectivity index (χ1n) is 16.7. The first kappa shape index (κ1) is 38.1. The number of aryl methyl sites for hydroxylation is 2. The number of primary amides is 1. The van der Waals surface area contributed by atoms with Gasteiger partial charge in [-0.3, -0.25) is 28.9 Å². The Balaban J connectivity index is 2.00. The number of amides is 7. The van der Waals surface area contributed by atoms with Crippen LogP contribution in [-0.2, 0) is 44.6 Å². The number of carbonyl (C=O) groups excluding carboxylic acids is 6. The summed E-state index contributed by atoms with van der Waals surface area (Å²) in [6.45, 7) is 5.39. The molecule has 1 aliphatic rings. The van der Waals surface area contributed by atoms with Gasteiger partial charge in [0.15, 0.2) is 0 Å². The molecule has 0 aliphatic carbocycles. The molecule has 15 nitrogen and oxygen atoms in total. The lowest BCUT2D eigenvalue weighted by Gasteiger charge is -2.25. The van der Waals surface area contributed by atoms with E-state index in [1.165, 1.54) is 12.2 Å². The third-order valence-electron chi connectivity index (χ3n) is 7.34. The zero-order chi connectivity index (χ0) is 36.2. The maximum Gasteiger partial charge on any atom is 0.312 e. The Bertz CT molecular complexity index is 1290. The zero-order valence-corrected chi connectivity index (χ0v) is 28.0. The Hall–Kier alpha value is -4.34. The van der Waals surface area contributed by atoms with Gasteiger partial charge >= 0.3 is 6.03 Å². The maximum absolute atomic E-state index is 13.5. The van der Waals surface area contributed by atoms with Gasteiger partial charge in [-0.15, -0.1) is 0 Å². The summed E-state index contributed by atoms with van der Waals surface area (Å²) in [6.07, 6.45) is 4.13. The van der Waals surface area contributed by atoms with Crippen molar-refractivity contribution >= 4 is 41.3 Å².